The van der Waals surface area contributed by atoms with Crippen LogP contribution in [0.15, 0.2) is 51.6 Å². The van der Waals surface area contributed by atoms with Crippen LogP contribution in [0.2, 0.25) is 5.02 Å². The molecule has 24 heavy (non-hydrogen) atoms. The summed E-state index contributed by atoms with van der Waals surface area (Å²) in [7, 11) is 0. The summed E-state index contributed by atoms with van der Waals surface area (Å²) < 4.78 is 10.3. The maximum absolute atomic E-state index is 12.1. The summed E-state index contributed by atoms with van der Waals surface area (Å²) >= 11 is 5.96. The first-order valence-electron chi connectivity index (χ1n) is 7.53. The minimum atomic E-state index is -0.127. The van der Waals surface area contributed by atoms with Gasteiger partial charge < -0.3 is 14.3 Å². The van der Waals surface area contributed by atoms with E-state index in [-0.39, 0.29) is 18.4 Å². The van der Waals surface area contributed by atoms with Gasteiger partial charge >= 0.3 is 0 Å². The lowest BCUT2D eigenvalue weighted by Gasteiger charge is -2.14. The van der Waals surface area contributed by atoms with Crippen molar-refractivity contribution in [1.82, 2.24) is 15.5 Å². The van der Waals surface area contributed by atoms with Crippen molar-refractivity contribution in [3.8, 4) is 11.6 Å². The number of halogens is 1. The molecule has 0 spiro atoms. The quantitative estimate of drug-likeness (QED) is 0.735. The van der Waals surface area contributed by atoms with Gasteiger partial charge in [0.1, 0.15) is 0 Å². The summed E-state index contributed by atoms with van der Waals surface area (Å²) in [5.74, 6) is 1.21. The number of carbonyl (C=O) groups is 1. The Morgan fingerprint density at radius 1 is 1.33 bits per heavy atom. The zero-order chi connectivity index (χ0) is 16.9. The summed E-state index contributed by atoms with van der Waals surface area (Å²) in [6.45, 7) is 1.91. The SMILES string of the molecule is CC(NC(=O)CCc1nc(-c2ccco2)no1)c1cccc(Cl)c1. The normalized spacial score (nSPS) is 12.1. The van der Waals surface area contributed by atoms with Crippen LogP contribution in [-0.2, 0) is 11.2 Å². The molecule has 1 unspecified atom stereocenters. The van der Waals surface area contributed by atoms with Gasteiger partial charge in [0.05, 0.1) is 12.3 Å². The highest BCUT2D eigenvalue weighted by Crippen LogP contribution is 2.18. The van der Waals surface area contributed by atoms with E-state index in [4.69, 9.17) is 20.5 Å². The van der Waals surface area contributed by atoms with E-state index in [1.54, 1.807) is 18.2 Å². The van der Waals surface area contributed by atoms with E-state index in [1.807, 2.05) is 25.1 Å². The smallest absolute Gasteiger partial charge is 0.238 e. The third-order valence-corrected chi connectivity index (χ3v) is 3.74. The average molecular weight is 346 g/mol. The van der Waals surface area contributed by atoms with Crippen molar-refractivity contribution in [3.63, 3.8) is 0 Å². The van der Waals surface area contributed by atoms with Gasteiger partial charge in [0.25, 0.3) is 0 Å². The molecule has 0 aliphatic rings. The maximum atomic E-state index is 12.1. The van der Waals surface area contributed by atoms with Crippen LogP contribution in [0.1, 0.15) is 30.8 Å². The number of benzene rings is 1. The average Bonchev–Trinajstić information content (AvgIpc) is 3.24. The molecule has 6 nitrogen and oxygen atoms in total. The Balaban J connectivity index is 1.52. The highest BCUT2D eigenvalue weighted by atomic mass is 35.5. The van der Waals surface area contributed by atoms with Crippen molar-refractivity contribution in [1.29, 1.82) is 0 Å². The van der Waals surface area contributed by atoms with Crippen molar-refractivity contribution >= 4 is 17.5 Å². The Labute approximate surface area is 143 Å². The number of rotatable bonds is 6. The second-order valence-corrected chi connectivity index (χ2v) is 5.77. The second-order valence-electron chi connectivity index (χ2n) is 5.33. The second kappa shape index (κ2) is 7.31. The van der Waals surface area contributed by atoms with Gasteiger partial charge in [-0.3, -0.25) is 4.79 Å². The number of nitrogens with zero attached hydrogens (tertiary/aromatic N) is 2. The van der Waals surface area contributed by atoms with E-state index in [2.05, 4.69) is 15.5 Å². The van der Waals surface area contributed by atoms with Crippen molar-refractivity contribution in [2.45, 2.75) is 25.8 Å². The lowest BCUT2D eigenvalue weighted by molar-refractivity contribution is -0.121. The van der Waals surface area contributed by atoms with E-state index in [1.165, 1.54) is 6.26 Å². The maximum Gasteiger partial charge on any atom is 0.238 e. The zero-order valence-corrected chi connectivity index (χ0v) is 13.8. The molecule has 2 aromatic heterocycles. The van der Waals surface area contributed by atoms with Crippen molar-refractivity contribution < 1.29 is 13.7 Å². The van der Waals surface area contributed by atoms with Crippen LogP contribution in [0.3, 0.4) is 0 Å². The summed E-state index contributed by atoms with van der Waals surface area (Å²) in [5, 5.41) is 7.39. The zero-order valence-electron chi connectivity index (χ0n) is 13.0. The monoisotopic (exact) mass is 345 g/mol. The summed E-state index contributed by atoms with van der Waals surface area (Å²) in [5.41, 5.74) is 0.953. The van der Waals surface area contributed by atoms with Gasteiger partial charge in [-0.15, -0.1) is 0 Å². The van der Waals surface area contributed by atoms with Crippen LogP contribution < -0.4 is 5.32 Å². The van der Waals surface area contributed by atoms with Crippen LogP contribution >= 0.6 is 11.6 Å². The standard InChI is InChI=1S/C17H16ClN3O3/c1-11(12-4-2-5-13(18)10-12)19-15(22)7-8-16-20-17(21-24-16)14-6-3-9-23-14/h2-6,9-11H,7-8H2,1H3,(H,19,22). The summed E-state index contributed by atoms with van der Waals surface area (Å²) in [6, 6.07) is 10.8. The third-order valence-electron chi connectivity index (χ3n) is 3.50. The van der Waals surface area contributed by atoms with Crippen molar-refractivity contribution in [3.05, 3.63) is 59.1 Å². The molecule has 2 heterocycles. The van der Waals surface area contributed by atoms with E-state index >= 15 is 0 Å². The van der Waals surface area contributed by atoms with Crippen LogP contribution in [0.5, 0.6) is 0 Å². The number of carbonyl (C=O) groups excluding carboxylic acids is 1. The van der Waals surface area contributed by atoms with Gasteiger partial charge in [0.2, 0.25) is 17.6 Å². The predicted molar refractivity (Wildman–Crippen MR) is 88.3 cm³/mol. The number of aryl methyl sites for hydroxylation is 1. The van der Waals surface area contributed by atoms with Crippen LogP contribution in [0.4, 0.5) is 0 Å². The largest absolute Gasteiger partial charge is 0.461 e. The fourth-order valence-corrected chi connectivity index (χ4v) is 2.45. The molecule has 0 aliphatic heterocycles. The van der Waals surface area contributed by atoms with Gasteiger partial charge in [-0.2, -0.15) is 4.98 Å². The van der Waals surface area contributed by atoms with Crippen LogP contribution in [-0.4, -0.2) is 16.0 Å². The molecule has 3 aromatic rings. The first kappa shape index (κ1) is 16.3. The van der Waals surface area contributed by atoms with Gasteiger partial charge in [-0.1, -0.05) is 28.9 Å². The van der Waals surface area contributed by atoms with E-state index in [0.717, 1.165) is 5.56 Å². The minimum Gasteiger partial charge on any atom is -0.461 e. The lowest BCUT2D eigenvalue weighted by atomic mass is 10.1. The van der Waals surface area contributed by atoms with Crippen molar-refractivity contribution in [2.24, 2.45) is 0 Å². The molecule has 1 aromatic carbocycles. The molecule has 1 N–H and O–H groups in total. The Morgan fingerprint density at radius 2 is 2.21 bits per heavy atom. The number of aromatic nitrogens is 2. The van der Waals surface area contributed by atoms with E-state index in [9.17, 15) is 4.79 Å². The van der Waals surface area contributed by atoms with Gasteiger partial charge in [-0.25, -0.2) is 0 Å². The topological polar surface area (TPSA) is 81.2 Å². The van der Waals surface area contributed by atoms with Crippen molar-refractivity contribution in [2.75, 3.05) is 0 Å². The number of hydrogen-bond donors (Lipinski definition) is 1. The molecule has 0 saturated heterocycles. The van der Waals surface area contributed by atoms with Crippen LogP contribution in [0.25, 0.3) is 11.6 Å². The van der Waals surface area contributed by atoms with Gasteiger partial charge in [0, 0.05) is 17.9 Å². The Hall–Kier alpha value is -2.60. The molecule has 7 heteroatoms. The number of hydrogen-bond acceptors (Lipinski definition) is 5. The molecule has 0 aliphatic carbocycles. The van der Waals surface area contributed by atoms with Crippen LogP contribution in [0, 0.1) is 0 Å². The fraction of sp³-hybridized carbons (Fsp3) is 0.235. The number of nitrogens with one attached hydrogen (secondary N) is 1. The van der Waals surface area contributed by atoms with E-state index < -0.39 is 0 Å². The number of amides is 1. The Kier molecular flexibility index (Phi) is 4.96. The molecule has 124 valence electrons. The molecule has 3 rings (SSSR count). The molecule has 0 saturated carbocycles. The predicted octanol–water partition coefficient (Wildman–Crippen LogP) is 3.79. The molecule has 1 amide bonds. The molecular weight excluding hydrogens is 330 g/mol. The molecular formula is C17H16ClN3O3. The van der Waals surface area contributed by atoms with Gasteiger partial charge in [0.15, 0.2) is 5.76 Å². The lowest BCUT2D eigenvalue weighted by Crippen LogP contribution is -2.26. The highest BCUT2D eigenvalue weighted by Gasteiger charge is 2.14. The summed E-state index contributed by atoms with van der Waals surface area (Å²) in [6.07, 6.45) is 2.16. The fourth-order valence-electron chi connectivity index (χ4n) is 2.26. The Bertz CT molecular complexity index is 814. The molecule has 0 radical (unpaired) electrons. The first-order chi connectivity index (χ1) is 11.6. The summed E-state index contributed by atoms with van der Waals surface area (Å²) in [4.78, 5) is 16.3. The molecule has 0 bridgehead atoms. The van der Waals surface area contributed by atoms with E-state index in [0.29, 0.717) is 28.9 Å². The number of furan rings is 1. The highest BCUT2D eigenvalue weighted by molar-refractivity contribution is 6.30. The Morgan fingerprint density at radius 3 is 2.96 bits per heavy atom. The molecule has 0 fully saturated rings. The first-order valence-corrected chi connectivity index (χ1v) is 7.91. The van der Waals surface area contributed by atoms with Gasteiger partial charge in [-0.05, 0) is 36.8 Å². The minimum absolute atomic E-state index is 0.0970. The third kappa shape index (κ3) is 4.02. The molecule has 1 atom stereocenters.